The van der Waals surface area contributed by atoms with Crippen LogP contribution in [0.1, 0.15) is 12.5 Å². The largest absolute Gasteiger partial charge is 0.450 e. The van der Waals surface area contributed by atoms with Gasteiger partial charge in [0.15, 0.2) is 0 Å². The Morgan fingerprint density at radius 1 is 1.50 bits per heavy atom. The number of benzene rings is 1. The molecule has 8 heteroatoms. The van der Waals surface area contributed by atoms with Gasteiger partial charge in [-0.15, -0.1) is 11.6 Å². The predicted octanol–water partition coefficient (Wildman–Crippen LogP) is 2.32. The first-order chi connectivity index (χ1) is 10.5. The number of halogens is 1. The first-order valence-electron chi connectivity index (χ1n) is 6.72. The molecule has 2 N–H and O–H groups in total. The minimum Gasteiger partial charge on any atom is -0.450 e. The zero-order valence-electron chi connectivity index (χ0n) is 12.0. The molecule has 0 aromatic heterocycles. The van der Waals surface area contributed by atoms with Crippen molar-refractivity contribution < 1.29 is 19.1 Å². The van der Waals surface area contributed by atoms with Crippen molar-refractivity contribution in [3.05, 3.63) is 29.8 Å². The number of hydrogen-bond donors (Lipinski definition) is 2. The van der Waals surface area contributed by atoms with E-state index in [1.807, 2.05) is 0 Å². The minimum atomic E-state index is -0.676. The highest BCUT2D eigenvalue weighted by Crippen LogP contribution is 2.22. The normalized spacial score (nSPS) is 17.1. The molecule has 0 radical (unpaired) electrons. The number of rotatable bonds is 4. The van der Waals surface area contributed by atoms with Crippen LogP contribution in [0.15, 0.2) is 24.3 Å². The van der Waals surface area contributed by atoms with Gasteiger partial charge in [-0.05, 0) is 31.2 Å². The van der Waals surface area contributed by atoms with Crippen molar-refractivity contribution in [3.63, 3.8) is 0 Å². The van der Waals surface area contributed by atoms with E-state index < -0.39 is 12.2 Å². The second-order valence-corrected chi connectivity index (χ2v) is 4.85. The van der Waals surface area contributed by atoms with Gasteiger partial charge in [-0.25, -0.2) is 9.59 Å². The van der Waals surface area contributed by atoms with Crippen LogP contribution in [0, 0.1) is 5.41 Å². The quantitative estimate of drug-likeness (QED) is 0.505. The average molecular weight is 326 g/mol. The molecule has 0 spiro atoms. The van der Waals surface area contributed by atoms with Crippen LogP contribution in [0.2, 0.25) is 0 Å². The van der Waals surface area contributed by atoms with Crippen LogP contribution in [0.3, 0.4) is 0 Å². The molecule has 1 aromatic carbocycles. The monoisotopic (exact) mass is 325 g/mol. The van der Waals surface area contributed by atoms with Crippen LogP contribution in [0.25, 0.3) is 0 Å². The van der Waals surface area contributed by atoms with E-state index in [9.17, 15) is 9.59 Å². The molecule has 0 unspecified atom stereocenters. The number of alkyl halides is 1. The molecule has 1 heterocycles. The summed E-state index contributed by atoms with van der Waals surface area (Å²) in [5, 5.41) is 10.1. The maximum absolute atomic E-state index is 11.7. The maximum Gasteiger partial charge on any atom is 0.414 e. The summed E-state index contributed by atoms with van der Waals surface area (Å²) in [5.74, 6) is 0.168. The summed E-state index contributed by atoms with van der Waals surface area (Å²) in [4.78, 5) is 24.4. The van der Waals surface area contributed by atoms with Crippen molar-refractivity contribution in [3.8, 4) is 0 Å². The van der Waals surface area contributed by atoms with E-state index in [0.29, 0.717) is 17.8 Å². The molecule has 1 saturated heterocycles. The fraction of sp³-hybridized carbons (Fsp3) is 0.357. The van der Waals surface area contributed by atoms with Gasteiger partial charge < -0.3 is 9.47 Å². The van der Waals surface area contributed by atoms with E-state index in [-0.39, 0.29) is 24.4 Å². The number of nitrogens with zero attached hydrogens (tertiary/aromatic N) is 1. The first-order valence-corrected chi connectivity index (χ1v) is 7.25. The second kappa shape index (κ2) is 7.13. The highest BCUT2D eigenvalue weighted by atomic mass is 35.5. The van der Waals surface area contributed by atoms with Crippen LogP contribution in [-0.4, -0.2) is 43.2 Å². The lowest BCUT2D eigenvalue weighted by atomic mass is 10.2. The van der Waals surface area contributed by atoms with Gasteiger partial charge in [0, 0.05) is 11.3 Å². The molecular weight excluding hydrogens is 310 g/mol. The van der Waals surface area contributed by atoms with Crippen molar-refractivity contribution >= 4 is 35.3 Å². The topological polar surface area (TPSA) is 91.7 Å². The van der Waals surface area contributed by atoms with Crippen LogP contribution in [0.5, 0.6) is 0 Å². The number of amidine groups is 1. The zero-order valence-corrected chi connectivity index (χ0v) is 12.7. The number of alkyl carbamates (subject to hydrolysis) is 1. The fourth-order valence-electron chi connectivity index (χ4n) is 1.96. The average Bonchev–Trinajstić information content (AvgIpc) is 2.88. The van der Waals surface area contributed by atoms with Crippen molar-refractivity contribution in [1.82, 2.24) is 5.32 Å². The van der Waals surface area contributed by atoms with E-state index in [1.54, 1.807) is 31.2 Å². The molecule has 1 aromatic rings. The number of hydrogen-bond acceptors (Lipinski definition) is 5. The second-order valence-electron chi connectivity index (χ2n) is 4.54. The summed E-state index contributed by atoms with van der Waals surface area (Å²) in [6, 6.07) is 6.61. The van der Waals surface area contributed by atoms with Gasteiger partial charge in [-0.2, -0.15) is 0 Å². The van der Waals surface area contributed by atoms with Crippen LogP contribution < -0.4 is 10.2 Å². The van der Waals surface area contributed by atoms with E-state index >= 15 is 0 Å². The number of cyclic esters (lactones) is 1. The number of carbonyl (C=O) groups excluding carboxylic acids is 2. The molecule has 22 heavy (non-hydrogen) atoms. The molecule has 1 atom stereocenters. The molecule has 0 bridgehead atoms. The Labute approximate surface area is 132 Å². The van der Waals surface area contributed by atoms with Gasteiger partial charge in [-0.1, -0.05) is 0 Å². The number of nitrogens with one attached hydrogen (secondary N) is 2. The lowest BCUT2D eigenvalue weighted by Gasteiger charge is -2.13. The molecule has 118 valence electrons. The van der Waals surface area contributed by atoms with E-state index in [2.05, 4.69) is 5.32 Å². The van der Waals surface area contributed by atoms with Crippen LogP contribution in [-0.2, 0) is 9.47 Å². The number of ether oxygens (including phenoxy) is 2. The fourth-order valence-corrected chi connectivity index (χ4v) is 2.12. The zero-order chi connectivity index (χ0) is 16.1. The summed E-state index contributed by atoms with van der Waals surface area (Å²) in [7, 11) is 0. The summed E-state index contributed by atoms with van der Waals surface area (Å²) < 4.78 is 9.78. The Kier molecular flexibility index (Phi) is 5.21. The van der Waals surface area contributed by atoms with Crippen LogP contribution >= 0.6 is 11.6 Å². The summed E-state index contributed by atoms with van der Waals surface area (Å²) in [5.41, 5.74) is 1.14. The highest BCUT2D eigenvalue weighted by Gasteiger charge is 2.31. The smallest absolute Gasteiger partial charge is 0.414 e. The maximum atomic E-state index is 11.7. The molecule has 2 amide bonds. The Balaban J connectivity index is 2.03. The van der Waals surface area contributed by atoms with E-state index in [4.69, 9.17) is 26.5 Å². The molecule has 2 rings (SSSR count). The molecule has 1 fully saturated rings. The van der Waals surface area contributed by atoms with Gasteiger partial charge in [0.25, 0.3) is 0 Å². The highest BCUT2D eigenvalue weighted by molar-refractivity contribution is 6.18. The van der Waals surface area contributed by atoms with Gasteiger partial charge >= 0.3 is 12.2 Å². The standard InChI is InChI=1S/C14H16ClN3O4/c1-2-21-13(19)17-12(16)9-3-5-10(6-4-9)18-8-11(7-15)22-14(18)20/h3-6,11H,2,7-8H2,1H3,(H2,16,17,19)/t11-/m0/s1. The predicted molar refractivity (Wildman–Crippen MR) is 81.8 cm³/mol. The van der Waals surface area contributed by atoms with Crippen molar-refractivity contribution in [2.45, 2.75) is 13.0 Å². The molecule has 7 nitrogen and oxygen atoms in total. The number of amides is 2. The lowest BCUT2D eigenvalue weighted by Crippen LogP contribution is -2.31. The Morgan fingerprint density at radius 3 is 2.73 bits per heavy atom. The molecule has 1 aliphatic rings. The Morgan fingerprint density at radius 2 is 2.18 bits per heavy atom. The van der Waals surface area contributed by atoms with Gasteiger partial charge in [0.1, 0.15) is 11.9 Å². The summed E-state index contributed by atoms with van der Waals surface area (Å²) in [6.07, 6.45) is -1.44. The van der Waals surface area contributed by atoms with Crippen LogP contribution in [0.4, 0.5) is 15.3 Å². The first kappa shape index (κ1) is 16.1. The van der Waals surface area contributed by atoms with Crippen molar-refractivity contribution in [2.24, 2.45) is 0 Å². The van der Waals surface area contributed by atoms with Crippen molar-refractivity contribution in [1.29, 1.82) is 5.41 Å². The third-order valence-electron chi connectivity index (χ3n) is 3.02. The molecule has 0 saturated carbocycles. The Bertz CT molecular complexity index is 576. The summed E-state index contributed by atoms with van der Waals surface area (Å²) >= 11 is 5.68. The molecular formula is C14H16ClN3O4. The number of carbonyl (C=O) groups is 2. The lowest BCUT2D eigenvalue weighted by molar-refractivity contribution is 0.151. The van der Waals surface area contributed by atoms with Gasteiger partial charge in [0.05, 0.1) is 19.0 Å². The Hall–Kier alpha value is -2.28. The third-order valence-corrected chi connectivity index (χ3v) is 3.36. The van der Waals surface area contributed by atoms with Crippen molar-refractivity contribution in [2.75, 3.05) is 23.9 Å². The van der Waals surface area contributed by atoms with Gasteiger partial charge in [-0.3, -0.25) is 15.6 Å². The number of anilines is 1. The summed E-state index contributed by atoms with van der Waals surface area (Å²) in [6.45, 7) is 2.30. The van der Waals surface area contributed by atoms with E-state index in [0.717, 1.165) is 0 Å². The van der Waals surface area contributed by atoms with Gasteiger partial charge in [0.2, 0.25) is 0 Å². The SMILES string of the molecule is CCOC(=O)NC(=N)c1ccc(N2C[C@H](CCl)OC2=O)cc1. The molecule has 1 aliphatic heterocycles. The van der Waals surface area contributed by atoms with E-state index in [1.165, 1.54) is 4.90 Å². The third kappa shape index (κ3) is 3.67. The molecule has 0 aliphatic carbocycles. The minimum absolute atomic E-state index is 0.0763.